The molecule has 1 N–H and O–H groups in total. The van der Waals surface area contributed by atoms with Crippen molar-refractivity contribution in [2.45, 2.75) is 84.3 Å². The van der Waals surface area contributed by atoms with Crippen LogP contribution in [0.3, 0.4) is 0 Å². The van der Waals surface area contributed by atoms with Crippen molar-refractivity contribution in [3.8, 4) is 0 Å². The van der Waals surface area contributed by atoms with Crippen LogP contribution in [-0.2, 0) is 19.4 Å². The van der Waals surface area contributed by atoms with E-state index in [1.54, 1.807) is 0 Å². The molecule has 25 heavy (non-hydrogen) atoms. The summed E-state index contributed by atoms with van der Waals surface area (Å²) in [7, 11) is 0. The molecule has 1 aromatic carbocycles. The summed E-state index contributed by atoms with van der Waals surface area (Å²) in [6.07, 6.45) is 8.42. The molecule has 1 aliphatic rings. The summed E-state index contributed by atoms with van der Waals surface area (Å²) >= 11 is 0. The third kappa shape index (κ3) is 4.30. The number of nitrogens with zero attached hydrogens (tertiary/aromatic N) is 3. The molecular weight excluding hydrogens is 308 g/mol. The highest BCUT2D eigenvalue weighted by Gasteiger charge is 2.23. The number of fused-ring (bicyclic) bond motifs is 1. The quantitative estimate of drug-likeness (QED) is 0.669. The molecule has 1 aromatic heterocycles. The van der Waals surface area contributed by atoms with E-state index >= 15 is 0 Å². The van der Waals surface area contributed by atoms with E-state index in [1.165, 1.54) is 43.2 Å². The minimum Gasteiger partial charge on any atom is -0.314 e. The molecule has 1 aliphatic heterocycles. The van der Waals surface area contributed by atoms with Crippen LogP contribution in [0.15, 0.2) is 24.3 Å². The van der Waals surface area contributed by atoms with Gasteiger partial charge in [-0.1, -0.05) is 51.0 Å². The van der Waals surface area contributed by atoms with Crippen molar-refractivity contribution in [2.24, 2.45) is 0 Å². The van der Waals surface area contributed by atoms with E-state index in [9.17, 15) is 0 Å². The summed E-state index contributed by atoms with van der Waals surface area (Å²) in [6.45, 7) is 7.77. The Hall–Kier alpha value is -1.68. The van der Waals surface area contributed by atoms with Gasteiger partial charge in [-0.3, -0.25) is 0 Å². The van der Waals surface area contributed by atoms with Crippen LogP contribution < -0.4 is 5.32 Å². The Kier molecular flexibility index (Phi) is 6.24. The van der Waals surface area contributed by atoms with Crippen LogP contribution in [-0.4, -0.2) is 14.8 Å². The van der Waals surface area contributed by atoms with E-state index in [0.717, 1.165) is 31.0 Å². The zero-order valence-electron chi connectivity index (χ0n) is 16.0. The number of hydrogen-bond acceptors (Lipinski definition) is 3. The molecule has 4 heteroatoms. The molecule has 0 amide bonds. The fraction of sp³-hybridized carbons (Fsp3) is 0.619. The first-order valence-electron chi connectivity index (χ1n) is 9.99. The molecule has 2 heterocycles. The minimum absolute atomic E-state index is 0.216. The maximum absolute atomic E-state index is 4.43. The molecule has 2 atom stereocenters. The Morgan fingerprint density at radius 3 is 2.64 bits per heavy atom. The zero-order valence-corrected chi connectivity index (χ0v) is 16.0. The summed E-state index contributed by atoms with van der Waals surface area (Å²) in [5, 5.41) is 12.5. The van der Waals surface area contributed by atoms with Crippen LogP contribution in [0.2, 0.25) is 0 Å². The lowest BCUT2D eigenvalue weighted by Gasteiger charge is -2.22. The Morgan fingerprint density at radius 2 is 1.92 bits per heavy atom. The van der Waals surface area contributed by atoms with Gasteiger partial charge in [0.2, 0.25) is 0 Å². The lowest BCUT2D eigenvalue weighted by atomic mass is 9.99. The number of aromatic nitrogens is 3. The van der Waals surface area contributed by atoms with Crippen LogP contribution in [0.4, 0.5) is 0 Å². The van der Waals surface area contributed by atoms with Crippen LogP contribution in [0, 0.1) is 0 Å². The average Bonchev–Trinajstić information content (AvgIpc) is 3.24. The van der Waals surface area contributed by atoms with E-state index in [2.05, 4.69) is 65.1 Å². The maximum atomic E-state index is 4.43. The fourth-order valence-corrected chi connectivity index (χ4v) is 3.82. The van der Waals surface area contributed by atoms with Crippen molar-refractivity contribution >= 4 is 0 Å². The highest BCUT2D eigenvalue weighted by molar-refractivity contribution is 5.25. The van der Waals surface area contributed by atoms with E-state index in [1.807, 2.05) is 0 Å². The predicted molar refractivity (Wildman–Crippen MR) is 103 cm³/mol. The van der Waals surface area contributed by atoms with Gasteiger partial charge in [0.05, 0.1) is 6.04 Å². The molecule has 0 spiro atoms. The highest BCUT2D eigenvalue weighted by atomic mass is 15.3. The molecule has 0 bridgehead atoms. The maximum Gasteiger partial charge on any atom is 0.149 e. The van der Waals surface area contributed by atoms with E-state index in [4.69, 9.17) is 0 Å². The first-order chi connectivity index (χ1) is 12.2. The largest absolute Gasteiger partial charge is 0.314 e. The molecule has 0 aliphatic carbocycles. The van der Waals surface area contributed by atoms with E-state index in [-0.39, 0.29) is 6.04 Å². The van der Waals surface area contributed by atoms with Crippen molar-refractivity contribution in [2.75, 3.05) is 0 Å². The Balaban J connectivity index is 1.63. The molecule has 0 fully saturated rings. The van der Waals surface area contributed by atoms with Crippen LogP contribution in [0.5, 0.6) is 0 Å². The monoisotopic (exact) mass is 340 g/mol. The minimum atomic E-state index is 0.216. The normalized spacial score (nSPS) is 16.0. The molecular formula is C21H32N4. The average molecular weight is 341 g/mol. The second-order valence-electron chi connectivity index (χ2n) is 7.28. The van der Waals surface area contributed by atoms with Gasteiger partial charge in [0, 0.05) is 19.0 Å². The topological polar surface area (TPSA) is 42.7 Å². The van der Waals surface area contributed by atoms with Crippen molar-refractivity contribution in [3.05, 3.63) is 47.0 Å². The Bertz CT molecular complexity index is 659. The fourth-order valence-electron chi connectivity index (χ4n) is 3.82. The van der Waals surface area contributed by atoms with Gasteiger partial charge in [0.25, 0.3) is 0 Å². The summed E-state index contributed by atoms with van der Waals surface area (Å²) in [5.74, 6) is 2.23. The van der Waals surface area contributed by atoms with Crippen molar-refractivity contribution in [3.63, 3.8) is 0 Å². The van der Waals surface area contributed by atoms with Gasteiger partial charge in [-0.15, -0.1) is 10.2 Å². The van der Waals surface area contributed by atoms with Gasteiger partial charge in [-0.05, 0) is 43.7 Å². The van der Waals surface area contributed by atoms with E-state index in [0.29, 0.717) is 6.04 Å². The second kappa shape index (κ2) is 8.61. The molecule has 3 rings (SSSR count). The number of unbranched alkanes of at least 4 members (excludes halogenated alkanes) is 2. The van der Waals surface area contributed by atoms with Crippen LogP contribution in [0.25, 0.3) is 0 Å². The first-order valence-corrected chi connectivity index (χ1v) is 9.99. The van der Waals surface area contributed by atoms with Crippen molar-refractivity contribution < 1.29 is 0 Å². The zero-order chi connectivity index (χ0) is 17.6. The highest BCUT2D eigenvalue weighted by Crippen LogP contribution is 2.24. The van der Waals surface area contributed by atoms with Gasteiger partial charge in [0.1, 0.15) is 11.6 Å². The van der Waals surface area contributed by atoms with Gasteiger partial charge >= 0.3 is 0 Å². The number of hydrogen-bond donors (Lipinski definition) is 1. The number of benzene rings is 1. The lowest BCUT2D eigenvalue weighted by molar-refractivity contribution is 0.430. The molecule has 0 saturated heterocycles. The summed E-state index contributed by atoms with van der Waals surface area (Å²) in [5.41, 5.74) is 2.82. The van der Waals surface area contributed by atoms with Gasteiger partial charge in [0.15, 0.2) is 0 Å². The van der Waals surface area contributed by atoms with Crippen LogP contribution >= 0.6 is 0 Å². The molecule has 2 aromatic rings. The smallest absolute Gasteiger partial charge is 0.149 e. The van der Waals surface area contributed by atoms with Crippen LogP contribution in [0.1, 0.15) is 87.7 Å². The standard InChI is InChI=1S/C21H32N4/c1-4-6-7-9-17-11-13-18(14-12-17)19(5-2)22-16(3)21-24-23-20-10-8-15-25(20)21/h11-14,16,19,22H,4-10,15H2,1-3H3/t16-,19-/m0/s1. The molecule has 0 radical (unpaired) electrons. The third-order valence-corrected chi connectivity index (χ3v) is 5.34. The number of rotatable bonds is 9. The summed E-state index contributed by atoms with van der Waals surface area (Å²) < 4.78 is 2.29. The summed E-state index contributed by atoms with van der Waals surface area (Å²) in [4.78, 5) is 0. The lowest BCUT2D eigenvalue weighted by Crippen LogP contribution is -2.26. The number of aryl methyl sites for hydroxylation is 2. The SMILES string of the molecule is CCCCCc1ccc([C@H](CC)N[C@@H](C)c2nnc3n2CCC3)cc1. The van der Waals surface area contributed by atoms with Crippen molar-refractivity contribution in [1.29, 1.82) is 0 Å². The Labute approximate surface area is 152 Å². The van der Waals surface area contributed by atoms with Gasteiger partial charge in [-0.2, -0.15) is 0 Å². The second-order valence-corrected chi connectivity index (χ2v) is 7.28. The molecule has 4 nitrogen and oxygen atoms in total. The first kappa shape index (κ1) is 18.1. The van der Waals surface area contributed by atoms with Crippen molar-refractivity contribution in [1.82, 2.24) is 20.1 Å². The predicted octanol–water partition coefficient (Wildman–Crippen LogP) is 4.76. The number of nitrogens with one attached hydrogen (secondary N) is 1. The summed E-state index contributed by atoms with van der Waals surface area (Å²) in [6, 6.07) is 9.76. The van der Waals surface area contributed by atoms with E-state index < -0.39 is 0 Å². The van der Waals surface area contributed by atoms with Gasteiger partial charge in [-0.25, -0.2) is 0 Å². The molecule has 0 unspecified atom stereocenters. The third-order valence-electron chi connectivity index (χ3n) is 5.34. The Morgan fingerprint density at radius 1 is 1.12 bits per heavy atom. The van der Waals surface area contributed by atoms with Gasteiger partial charge < -0.3 is 9.88 Å². The molecule has 0 saturated carbocycles. The molecule has 136 valence electrons.